The molecule has 0 heterocycles. The van der Waals surface area contributed by atoms with Crippen LogP contribution in [0.25, 0.3) is 0 Å². The van der Waals surface area contributed by atoms with E-state index in [2.05, 4.69) is 10.0 Å². The fraction of sp³-hybridized carbons (Fsp3) is 0.316. The second-order valence-corrected chi connectivity index (χ2v) is 8.93. The van der Waals surface area contributed by atoms with Crippen LogP contribution in [0.1, 0.15) is 25.0 Å². The molecular weight excluding hydrogens is 368 g/mol. The number of carbonyl (C=O) groups is 1. The van der Waals surface area contributed by atoms with Gasteiger partial charge in [0, 0.05) is 17.4 Å². The van der Waals surface area contributed by atoms with Crippen LogP contribution in [0, 0.1) is 12.8 Å². The number of sulfonamides is 1. The number of amides is 1. The summed E-state index contributed by atoms with van der Waals surface area (Å²) < 4.78 is 27.8. The summed E-state index contributed by atoms with van der Waals surface area (Å²) in [5.41, 5.74) is 2.51. The summed E-state index contributed by atoms with van der Waals surface area (Å²) in [6.07, 6.45) is 1.88. The third kappa shape index (κ3) is 5.33. The van der Waals surface area contributed by atoms with Gasteiger partial charge in [-0.1, -0.05) is 43.7 Å². The van der Waals surface area contributed by atoms with E-state index in [-0.39, 0.29) is 23.3 Å². The number of aryl methyl sites for hydroxylation is 1. The molecule has 2 aromatic carbocycles. The van der Waals surface area contributed by atoms with E-state index in [1.807, 2.05) is 37.4 Å². The largest absolute Gasteiger partial charge is 0.325 e. The van der Waals surface area contributed by atoms with Crippen molar-refractivity contribution in [2.45, 2.75) is 37.1 Å². The molecule has 0 saturated heterocycles. The van der Waals surface area contributed by atoms with E-state index in [9.17, 15) is 13.2 Å². The Kier molecular flexibility index (Phi) is 6.86. The predicted octanol–water partition coefficient (Wildman–Crippen LogP) is 3.79. The highest BCUT2D eigenvalue weighted by Gasteiger charge is 2.17. The van der Waals surface area contributed by atoms with Crippen LogP contribution in [0.2, 0.25) is 0 Å². The van der Waals surface area contributed by atoms with Crippen LogP contribution in [0.3, 0.4) is 0 Å². The molecule has 7 heteroatoms. The SMILES string of the molecule is CSc1ccc(S(=O)(=O)NCc2ccc(C)cc2)cc1NC(=O)C(C)C. The number of rotatable bonds is 7. The first-order chi connectivity index (χ1) is 12.2. The Bertz CT molecular complexity index is 876. The number of thioether (sulfide) groups is 1. The smallest absolute Gasteiger partial charge is 0.240 e. The summed E-state index contributed by atoms with van der Waals surface area (Å²) in [5, 5.41) is 2.80. The first-order valence-corrected chi connectivity index (χ1v) is 11.0. The fourth-order valence-electron chi connectivity index (χ4n) is 2.20. The van der Waals surface area contributed by atoms with Gasteiger partial charge in [-0.25, -0.2) is 13.1 Å². The molecule has 2 N–H and O–H groups in total. The molecule has 0 fully saturated rings. The second kappa shape index (κ2) is 8.70. The molecule has 0 radical (unpaired) electrons. The van der Waals surface area contributed by atoms with Crippen molar-refractivity contribution in [3.63, 3.8) is 0 Å². The minimum absolute atomic E-state index is 0.126. The summed E-state index contributed by atoms with van der Waals surface area (Å²) in [4.78, 5) is 12.9. The lowest BCUT2D eigenvalue weighted by Gasteiger charge is -2.14. The molecule has 0 atom stereocenters. The molecule has 1 amide bonds. The average molecular weight is 393 g/mol. The van der Waals surface area contributed by atoms with Gasteiger partial charge in [0.05, 0.1) is 10.6 Å². The van der Waals surface area contributed by atoms with E-state index in [0.29, 0.717) is 5.69 Å². The number of carbonyl (C=O) groups excluding carboxylic acids is 1. The van der Waals surface area contributed by atoms with Gasteiger partial charge in [0.25, 0.3) is 0 Å². The Morgan fingerprint density at radius 1 is 1.12 bits per heavy atom. The van der Waals surface area contributed by atoms with Gasteiger partial charge in [0.15, 0.2) is 0 Å². The lowest BCUT2D eigenvalue weighted by molar-refractivity contribution is -0.118. The quantitative estimate of drug-likeness (QED) is 0.703. The van der Waals surface area contributed by atoms with E-state index in [4.69, 9.17) is 0 Å². The van der Waals surface area contributed by atoms with Crippen molar-refractivity contribution in [1.29, 1.82) is 0 Å². The fourth-order valence-corrected chi connectivity index (χ4v) is 3.77. The van der Waals surface area contributed by atoms with Crippen LogP contribution in [0.15, 0.2) is 52.3 Å². The van der Waals surface area contributed by atoms with Gasteiger partial charge in [0.2, 0.25) is 15.9 Å². The Balaban J connectivity index is 2.22. The minimum Gasteiger partial charge on any atom is -0.325 e. The molecular formula is C19H24N2O3S2. The highest BCUT2D eigenvalue weighted by molar-refractivity contribution is 7.98. The average Bonchev–Trinajstić information content (AvgIpc) is 2.61. The van der Waals surface area contributed by atoms with Crippen molar-refractivity contribution >= 4 is 33.4 Å². The number of hydrogen-bond donors (Lipinski definition) is 2. The van der Waals surface area contributed by atoms with E-state index >= 15 is 0 Å². The van der Waals surface area contributed by atoms with Gasteiger partial charge < -0.3 is 5.32 Å². The van der Waals surface area contributed by atoms with E-state index < -0.39 is 10.0 Å². The molecule has 0 bridgehead atoms. The number of anilines is 1. The first-order valence-electron chi connectivity index (χ1n) is 8.27. The normalized spacial score (nSPS) is 11.6. The van der Waals surface area contributed by atoms with Crippen molar-refractivity contribution < 1.29 is 13.2 Å². The molecule has 0 aliphatic carbocycles. The van der Waals surface area contributed by atoms with E-state index in [0.717, 1.165) is 16.0 Å². The highest BCUT2D eigenvalue weighted by atomic mass is 32.2. The van der Waals surface area contributed by atoms with Crippen LogP contribution >= 0.6 is 11.8 Å². The Morgan fingerprint density at radius 3 is 2.35 bits per heavy atom. The maximum atomic E-state index is 12.6. The molecule has 0 saturated carbocycles. The topological polar surface area (TPSA) is 75.3 Å². The third-order valence-corrected chi connectivity index (χ3v) is 6.05. The van der Waals surface area contributed by atoms with Crippen molar-refractivity contribution in [2.24, 2.45) is 5.92 Å². The molecule has 5 nitrogen and oxygen atoms in total. The molecule has 26 heavy (non-hydrogen) atoms. The molecule has 0 aliphatic heterocycles. The molecule has 0 spiro atoms. The predicted molar refractivity (Wildman–Crippen MR) is 107 cm³/mol. The van der Waals surface area contributed by atoms with Crippen molar-refractivity contribution in [2.75, 3.05) is 11.6 Å². The molecule has 140 valence electrons. The Hall–Kier alpha value is -1.83. The number of nitrogens with one attached hydrogen (secondary N) is 2. The third-order valence-electron chi connectivity index (χ3n) is 3.85. The van der Waals surface area contributed by atoms with Gasteiger partial charge in [-0.05, 0) is 36.9 Å². The van der Waals surface area contributed by atoms with Crippen LogP contribution in [0.5, 0.6) is 0 Å². The summed E-state index contributed by atoms with van der Waals surface area (Å²) in [6.45, 7) is 5.77. The Labute approximate surface area is 159 Å². The van der Waals surface area contributed by atoms with Gasteiger partial charge >= 0.3 is 0 Å². The van der Waals surface area contributed by atoms with Crippen LogP contribution < -0.4 is 10.0 Å². The molecule has 0 unspecified atom stereocenters. The molecule has 0 aromatic heterocycles. The zero-order valence-corrected chi connectivity index (χ0v) is 17.0. The minimum atomic E-state index is -3.68. The summed E-state index contributed by atoms with van der Waals surface area (Å²) >= 11 is 1.45. The Morgan fingerprint density at radius 2 is 1.77 bits per heavy atom. The molecule has 0 aliphatic rings. The number of benzene rings is 2. The van der Waals surface area contributed by atoms with Crippen molar-refractivity contribution in [3.05, 3.63) is 53.6 Å². The van der Waals surface area contributed by atoms with Crippen LogP contribution in [-0.4, -0.2) is 20.6 Å². The van der Waals surface area contributed by atoms with Crippen LogP contribution in [-0.2, 0) is 21.4 Å². The first kappa shape index (κ1) is 20.5. The molecule has 2 rings (SSSR count). The lowest BCUT2D eigenvalue weighted by Crippen LogP contribution is -2.24. The van der Waals surface area contributed by atoms with Gasteiger partial charge in [-0.2, -0.15) is 0 Å². The van der Waals surface area contributed by atoms with Crippen molar-refractivity contribution in [1.82, 2.24) is 4.72 Å². The summed E-state index contributed by atoms with van der Waals surface area (Å²) in [7, 11) is -3.68. The van der Waals surface area contributed by atoms with Crippen molar-refractivity contribution in [3.8, 4) is 0 Å². The maximum absolute atomic E-state index is 12.6. The number of hydrogen-bond acceptors (Lipinski definition) is 4. The van der Waals surface area contributed by atoms with Gasteiger partial charge in [0.1, 0.15) is 0 Å². The highest BCUT2D eigenvalue weighted by Crippen LogP contribution is 2.28. The standard InChI is InChI=1S/C19H24N2O3S2/c1-13(2)19(22)21-17-11-16(9-10-18(17)25-4)26(23,24)20-12-15-7-5-14(3)6-8-15/h5-11,13,20H,12H2,1-4H3,(H,21,22). The zero-order chi connectivity index (χ0) is 19.3. The van der Waals surface area contributed by atoms with Crippen LogP contribution in [0.4, 0.5) is 5.69 Å². The van der Waals surface area contributed by atoms with Gasteiger partial charge in [-0.3, -0.25) is 4.79 Å². The summed E-state index contributed by atoms with van der Waals surface area (Å²) in [6, 6.07) is 12.4. The van der Waals surface area contributed by atoms with E-state index in [1.54, 1.807) is 26.0 Å². The monoisotopic (exact) mass is 392 g/mol. The maximum Gasteiger partial charge on any atom is 0.240 e. The lowest BCUT2D eigenvalue weighted by atomic mass is 10.2. The second-order valence-electron chi connectivity index (χ2n) is 6.32. The molecule has 2 aromatic rings. The zero-order valence-electron chi connectivity index (χ0n) is 15.4. The summed E-state index contributed by atoms with van der Waals surface area (Å²) in [5.74, 6) is -0.341. The van der Waals surface area contributed by atoms with E-state index in [1.165, 1.54) is 17.8 Å². The van der Waals surface area contributed by atoms with Gasteiger partial charge in [-0.15, -0.1) is 11.8 Å².